The summed E-state index contributed by atoms with van der Waals surface area (Å²) in [4.78, 5) is 26.2. The summed E-state index contributed by atoms with van der Waals surface area (Å²) >= 11 is 17.4. The number of nitrogens with zero attached hydrogens (tertiary/aromatic N) is 3. The van der Waals surface area contributed by atoms with E-state index in [9.17, 15) is 41.3 Å². The second kappa shape index (κ2) is 8.96. The molecule has 2 aromatic carbocycles. The van der Waals surface area contributed by atoms with Crippen molar-refractivity contribution in [2.75, 3.05) is 5.32 Å². The fraction of sp³-hybridized carbons (Fsp3) is 0.111. The molecular weight excluding hydrogens is 541 g/mol. The molecule has 1 N–H and O–H groups in total. The molecule has 0 bridgehead atoms. The highest BCUT2D eigenvalue weighted by Gasteiger charge is 2.39. The highest BCUT2D eigenvalue weighted by Crippen LogP contribution is 2.38. The van der Waals surface area contributed by atoms with Crippen LogP contribution in [0.4, 0.5) is 43.7 Å². The maximum absolute atomic E-state index is 13.4. The SMILES string of the molecule is O=c1c(Cl)c(C(F)(F)F)nc(Nc2ccc(C(F)(F)F)cc2[N+](=O)[O-])n1-c1ccc(Cl)cc1Cl. The van der Waals surface area contributed by atoms with Gasteiger partial charge in [-0.2, -0.15) is 26.3 Å². The largest absolute Gasteiger partial charge is 0.435 e. The van der Waals surface area contributed by atoms with E-state index in [2.05, 4.69) is 10.3 Å². The Morgan fingerprint density at radius 2 is 1.62 bits per heavy atom. The van der Waals surface area contributed by atoms with E-state index in [1.54, 1.807) is 0 Å². The topological polar surface area (TPSA) is 90.1 Å². The summed E-state index contributed by atoms with van der Waals surface area (Å²) in [7, 11) is 0. The summed E-state index contributed by atoms with van der Waals surface area (Å²) in [5.74, 6) is -0.964. The quantitative estimate of drug-likeness (QED) is 0.218. The molecule has 0 spiro atoms. The van der Waals surface area contributed by atoms with Gasteiger partial charge in [-0.25, -0.2) is 9.55 Å². The van der Waals surface area contributed by atoms with Crippen LogP contribution in [0.5, 0.6) is 0 Å². The Hall–Kier alpha value is -3.03. The molecule has 1 aromatic heterocycles. The minimum atomic E-state index is -5.22. The Kier molecular flexibility index (Phi) is 6.75. The monoisotopic (exact) mass is 546 g/mol. The van der Waals surface area contributed by atoms with Crippen molar-refractivity contribution in [3.8, 4) is 5.69 Å². The lowest BCUT2D eigenvalue weighted by Gasteiger charge is -2.18. The van der Waals surface area contributed by atoms with Gasteiger partial charge in [-0.1, -0.05) is 34.8 Å². The minimum absolute atomic E-state index is 0.0978. The van der Waals surface area contributed by atoms with Crippen molar-refractivity contribution in [3.05, 3.63) is 83.2 Å². The fourth-order valence-corrected chi connectivity index (χ4v) is 3.47. The van der Waals surface area contributed by atoms with Crippen LogP contribution in [0.15, 0.2) is 41.2 Å². The number of nitrogens with one attached hydrogen (secondary N) is 1. The van der Waals surface area contributed by atoms with Crippen LogP contribution >= 0.6 is 34.8 Å². The van der Waals surface area contributed by atoms with Crippen molar-refractivity contribution in [2.45, 2.75) is 12.4 Å². The zero-order chi connectivity index (χ0) is 25.6. The predicted molar refractivity (Wildman–Crippen MR) is 111 cm³/mol. The number of alkyl halides is 6. The molecule has 0 atom stereocenters. The van der Waals surface area contributed by atoms with Crippen molar-refractivity contribution < 1.29 is 31.3 Å². The van der Waals surface area contributed by atoms with Crippen molar-refractivity contribution in [1.82, 2.24) is 9.55 Å². The molecule has 0 radical (unpaired) electrons. The van der Waals surface area contributed by atoms with Gasteiger partial charge >= 0.3 is 12.4 Å². The summed E-state index contributed by atoms with van der Waals surface area (Å²) < 4.78 is 79.6. The van der Waals surface area contributed by atoms with Crippen LogP contribution in [0.3, 0.4) is 0 Å². The number of nitro benzene ring substituents is 1. The Balaban J connectivity index is 2.32. The first-order chi connectivity index (χ1) is 15.6. The van der Waals surface area contributed by atoms with Crippen LogP contribution in [0, 0.1) is 10.1 Å². The third-order valence-corrected chi connectivity index (χ3v) is 5.09. The van der Waals surface area contributed by atoms with Gasteiger partial charge in [0.05, 0.1) is 21.2 Å². The second-order valence-electron chi connectivity index (χ2n) is 6.44. The molecule has 0 aliphatic carbocycles. The Morgan fingerprint density at radius 1 is 0.971 bits per heavy atom. The first-order valence-corrected chi connectivity index (χ1v) is 9.72. The number of hydrogen-bond donors (Lipinski definition) is 1. The van der Waals surface area contributed by atoms with Gasteiger partial charge in [-0.05, 0) is 30.3 Å². The highest BCUT2D eigenvalue weighted by atomic mass is 35.5. The van der Waals surface area contributed by atoms with Crippen LogP contribution in [-0.4, -0.2) is 14.5 Å². The summed E-state index contributed by atoms with van der Waals surface area (Å²) in [5, 5.41) is 12.0. The van der Waals surface area contributed by atoms with Crippen LogP contribution in [-0.2, 0) is 12.4 Å². The summed E-state index contributed by atoms with van der Waals surface area (Å²) in [5.41, 5.74) is -6.80. The van der Waals surface area contributed by atoms with Crippen molar-refractivity contribution in [1.29, 1.82) is 0 Å². The van der Waals surface area contributed by atoms with E-state index in [0.717, 1.165) is 12.1 Å². The molecule has 0 aliphatic rings. The molecule has 0 fully saturated rings. The first-order valence-electron chi connectivity index (χ1n) is 8.59. The number of nitro groups is 1. The van der Waals surface area contributed by atoms with Gasteiger partial charge < -0.3 is 5.32 Å². The van der Waals surface area contributed by atoms with E-state index >= 15 is 0 Å². The Bertz CT molecular complexity index is 1360. The molecule has 180 valence electrons. The van der Waals surface area contributed by atoms with Gasteiger partial charge in [0.25, 0.3) is 11.2 Å². The maximum Gasteiger partial charge on any atom is 0.435 e. The highest BCUT2D eigenvalue weighted by molar-refractivity contribution is 6.35. The third-order valence-electron chi connectivity index (χ3n) is 4.22. The lowest BCUT2D eigenvalue weighted by Crippen LogP contribution is -2.27. The minimum Gasteiger partial charge on any atom is -0.319 e. The summed E-state index contributed by atoms with van der Waals surface area (Å²) in [6.45, 7) is 0. The van der Waals surface area contributed by atoms with E-state index in [4.69, 9.17) is 34.8 Å². The van der Waals surface area contributed by atoms with Crippen LogP contribution in [0.2, 0.25) is 15.1 Å². The first kappa shape index (κ1) is 25.6. The lowest BCUT2D eigenvalue weighted by atomic mass is 10.1. The van der Waals surface area contributed by atoms with Gasteiger partial charge in [0.15, 0.2) is 5.69 Å². The molecule has 34 heavy (non-hydrogen) atoms. The van der Waals surface area contributed by atoms with Gasteiger partial charge in [-0.15, -0.1) is 0 Å². The fourth-order valence-electron chi connectivity index (χ4n) is 2.74. The summed E-state index contributed by atoms with van der Waals surface area (Å²) in [6.07, 6.45) is -10.2. The maximum atomic E-state index is 13.4. The standard InChI is InChI=1S/C18H7Cl3F6N4O3/c19-8-2-4-11(9(20)6-8)30-15(32)13(21)14(18(25,26)27)29-16(30)28-10-3-1-7(17(22,23)24)5-12(10)31(33)34/h1-6H,(H,28,29). The van der Waals surface area contributed by atoms with E-state index < -0.39 is 56.4 Å². The van der Waals surface area contributed by atoms with E-state index in [0.29, 0.717) is 16.7 Å². The van der Waals surface area contributed by atoms with E-state index in [-0.39, 0.29) is 21.8 Å². The predicted octanol–water partition coefficient (Wildman–Crippen LogP) is 6.88. The third kappa shape index (κ3) is 5.05. The van der Waals surface area contributed by atoms with Crippen LogP contribution in [0.25, 0.3) is 5.69 Å². The molecule has 1 heterocycles. The molecule has 3 rings (SSSR count). The van der Waals surface area contributed by atoms with E-state index in [1.165, 1.54) is 6.07 Å². The van der Waals surface area contributed by atoms with Gasteiger partial charge in [0.1, 0.15) is 10.7 Å². The molecule has 16 heteroatoms. The average Bonchev–Trinajstić information content (AvgIpc) is 2.70. The second-order valence-corrected chi connectivity index (χ2v) is 7.67. The molecule has 3 aromatic rings. The molecule has 0 saturated carbocycles. The molecule has 0 aliphatic heterocycles. The molecule has 7 nitrogen and oxygen atoms in total. The number of rotatable bonds is 4. The Labute approximate surface area is 199 Å². The Morgan fingerprint density at radius 3 is 2.15 bits per heavy atom. The number of hydrogen-bond acceptors (Lipinski definition) is 5. The number of halogens is 9. The van der Waals surface area contributed by atoms with E-state index in [1.807, 2.05) is 0 Å². The number of anilines is 2. The molecule has 0 saturated heterocycles. The smallest absolute Gasteiger partial charge is 0.319 e. The molecular formula is C18H7Cl3F6N4O3. The summed E-state index contributed by atoms with van der Waals surface area (Å²) in [6, 6.07) is 4.71. The zero-order valence-corrected chi connectivity index (χ0v) is 18.2. The lowest BCUT2D eigenvalue weighted by molar-refractivity contribution is -0.384. The molecule has 0 unspecified atom stereocenters. The van der Waals surface area contributed by atoms with Crippen molar-refractivity contribution in [2.24, 2.45) is 0 Å². The zero-order valence-electron chi connectivity index (χ0n) is 15.9. The molecule has 0 amide bonds. The number of aromatic nitrogens is 2. The van der Waals surface area contributed by atoms with Crippen molar-refractivity contribution in [3.63, 3.8) is 0 Å². The van der Waals surface area contributed by atoms with Gasteiger partial charge in [0, 0.05) is 11.1 Å². The average molecular weight is 548 g/mol. The van der Waals surface area contributed by atoms with Crippen molar-refractivity contribution >= 4 is 52.1 Å². The van der Waals surface area contributed by atoms with Gasteiger partial charge in [-0.3, -0.25) is 14.9 Å². The van der Waals surface area contributed by atoms with Gasteiger partial charge in [0.2, 0.25) is 5.95 Å². The van der Waals surface area contributed by atoms with Crippen LogP contribution in [0.1, 0.15) is 11.3 Å². The van der Waals surface area contributed by atoms with Crippen LogP contribution < -0.4 is 10.9 Å². The normalized spacial score (nSPS) is 12.0. The number of benzene rings is 2.